The van der Waals surface area contributed by atoms with Gasteiger partial charge >= 0.3 is 0 Å². The SMILES string of the molecule is [B]C([B])([B])N1C(=O)CCCc2cc(S(C)(=O)=O)ccc21. The lowest BCUT2D eigenvalue weighted by molar-refractivity contribution is -0.118. The standard InChI is InChI=1S/C12H12B3NO3S/c1-20(18,19)9-5-6-10-8(7-9)3-2-4-11(17)16(10)12(13,14)15/h5-7H,2-4H2,1H3. The van der Waals surface area contributed by atoms with Gasteiger partial charge in [0.1, 0.15) is 0 Å². The highest BCUT2D eigenvalue weighted by Gasteiger charge is 2.30. The first kappa shape index (κ1) is 15.2. The Hall–Kier alpha value is -1.17. The second kappa shape index (κ2) is 4.99. The Labute approximate surface area is 123 Å². The molecule has 98 valence electrons. The first-order valence-electron chi connectivity index (χ1n) is 6.13. The third-order valence-electron chi connectivity index (χ3n) is 3.19. The fourth-order valence-electron chi connectivity index (χ4n) is 2.31. The van der Waals surface area contributed by atoms with Crippen LogP contribution in [0, 0.1) is 0 Å². The minimum atomic E-state index is -3.31. The topological polar surface area (TPSA) is 54.5 Å². The Kier molecular flexibility index (Phi) is 3.80. The number of hydrogen-bond donors (Lipinski definition) is 0. The molecule has 1 amide bonds. The first-order valence-corrected chi connectivity index (χ1v) is 8.02. The zero-order valence-corrected chi connectivity index (χ0v) is 12.0. The second-order valence-electron chi connectivity index (χ2n) is 5.03. The molecule has 0 aliphatic carbocycles. The van der Waals surface area contributed by atoms with Crippen molar-refractivity contribution < 1.29 is 13.2 Å². The van der Waals surface area contributed by atoms with Crippen molar-refractivity contribution >= 4 is 45.0 Å². The molecule has 1 aromatic carbocycles. The molecule has 8 heteroatoms. The lowest BCUT2D eigenvalue weighted by Gasteiger charge is -2.37. The third kappa shape index (κ3) is 2.95. The molecule has 1 aromatic rings. The zero-order chi connectivity index (χ0) is 15.1. The molecular weight excluding hydrogens is 271 g/mol. The molecule has 0 atom stereocenters. The highest BCUT2D eigenvalue weighted by atomic mass is 32.2. The minimum absolute atomic E-state index is 0.196. The van der Waals surface area contributed by atoms with E-state index in [4.69, 9.17) is 23.5 Å². The monoisotopic (exact) mass is 283 g/mol. The van der Waals surface area contributed by atoms with Crippen LogP contribution < -0.4 is 4.90 Å². The highest BCUT2D eigenvalue weighted by Crippen LogP contribution is 2.31. The summed E-state index contributed by atoms with van der Waals surface area (Å²) in [7, 11) is 13.6. The van der Waals surface area contributed by atoms with Gasteiger partial charge in [0.2, 0.25) is 5.91 Å². The van der Waals surface area contributed by atoms with Crippen molar-refractivity contribution in [2.45, 2.75) is 29.4 Å². The van der Waals surface area contributed by atoms with Gasteiger partial charge in [0.15, 0.2) is 9.84 Å². The summed E-state index contributed by atoms with van der Waals surface area (Å²) in [6.45, 7) is 0. The van der Waals surface area contributed by atoms with Gasteiger partial charge in [-0.25, -0.2) is 8.42 Å². The summed E-state index contributed by atoms with van der Waals surface area (Å²) in [5.74, 6) is -0.275. The van der Waals surface area contributed by atoms with Crippen molar-refractivity contribution in [3.63, 3.8) is 0 Å². The van der Waals surface area contributed by atoms with Gasteiger partial charge in [-0.15, -0.1) is 0 Å². The summed E-state index contributed by atoms with van der Waals surface area (Å²) in [6, 6.07) is 4.49. The van der Waals surface area contributed by atoms with Gasteiger partial charge in [-0.05, 0) is 36.6 Å². The van der Waals surface area contributed by atoms with Gasteiger partial charge in [-0.1, -0.05) is 5.24 Å². The summed E-state index contributed by atoms with van der Waals surface area (Å²) < 4.78 is 23.2. The number of nitrogens with zero attached hydrogens (tertiary/aromatic N) is 1. The molecule has 0 bridgehead atoms. The largest absolute Gasteiger partial charge is 0.332 e. The molecule has 0 fully saturated rings. The maximum absolute atomic E-state index is 12.1. The molecule has 0 unspecified atom stereocenters. The number of aryl methyl sites for hydroxylation is 1. The van der Waals surface area contributed by atoms with Crippen LogP contribution in [0.25, 0.3) is 0 Å². The number of carbonyl (C=O) groups excluding carboxylic acids is 1. The maximum atomic E-state index is 12.1. The summed E-state index contributed by atoms with van der Waals surface area (Å²) in [6.07, 6.45) is 2.55. The van der Waals surface area contributed by atoms with Crippen LogP contribution in [-0.4, -0.2) is 49.4 Å². The van der Waals surface area contributed by atoms with Crippen LogP contribution in [0.2, 0.25) is 0 Å². The van der Waals surface area contributed by atoms with Gasteiger partial charge in [0, 0.05) is 18.4 Å². The fourth-order valence-corrected chi connectivity index (χ4v) is 2.98. The van der Waals surface area contributed by atoms with Gasteiger partial charge in [-0.2, -0.15) is 0 Å². The van der Waals surface area contributed by atoms with Gasteiger partial charge in [-0.3, -0.25) is 4.79 Å². The van der Waals surface area contributed by atoms with Crippen molar-refractivity contribution in [3.05, 3.63) is 23.8 Å². The van der Waals surface area contributed by atoms with Crippen LogP contribution in [-0.2, 0) is 21.1 Å². The van der Waals surface area contributed by atoms with Crippen LogP contribution >= 0.6 is 0 Å². The van der Waals surface area contributed by atoms with Crippen molar-refractivity contribution in [3.8, 4) is 0 Å². The predicted octanol–water partition coefficient (Wildman–Crippen LogP) is -0.124. The number of rotatable bonds is 2. The van der Waals surface area contributed by atoms with E-state index >= 15 is 0 Å². The average Bonchev–Trinajstić information content (AvgIpc) is 2.43. The van der Waals surface area contributed by atoms with E-state index in [9.17, 15) is 13.2 Å². The molecule has 2 rings (SSSR count). The molecule has 0 spiro atoms. The lowest BCUT2D eigenvalue weighted by atomic mass is 9.48. The number of anilines is 1. The lowest BCUT2D eigenvalue weighted by Crippen LogP contribution is -2.54. The Bertz CT molecular complexity index is 652. The maximum Gasteiger partial charge on any atom is 0.225 e. The minimum Gasteiger partial charge on any atom is -0.332 e. The van der Waals surface area contributed by atoms with Crippen molar-refractivity contribution in [2.75, 3.05) is 11.2 Å². The average molecular weight is 283 g/mol. The first-order chi connectivity index (χ1) is 9.10. The molecule has 4 nitrogen and oxygen atoms in total. The smallest absolute Gasteiger partial charge is 0.225 e. The van der Waals surface area contributed by atoms with E-state index < -0.39 is 15.1 Å². The Morgan fingerprint density at radius 1 is 1.20 bits per heavy atom. The number of sulfone groups is 1. The Balaban J connectivity index is 2.61. The van der Waals surface area contributed by atoms with E-state index in [1.165, 1.54) is 12.1 Å². The molecule has 1 heterocycles. The molecule has 1 aliphatic rings. The van der Waals surface area contributed by atoms with E-state index in [0.717, 1.165) is 11.2 Å². The van der Waals surface area contributed by atoms with Crippen LogP contribution in [0.1, 0.15) is 18.4 Å². The summed E-state index contributed by atoms with van der Waals surface area (Å²) in [5, 5.41) is -1.82. The van der Waals surface area contributed by atoms with Crippen molar-refractivity contribution in [1.82, 2.24) is 0 Å². The molecule has 0 N–H and O–H groups in total. The van der Waals surface area contributed by atoms with Gasteiger partial charge < -0.3 is 4.90 Å². The van der Waals surface area contributed by atoms with E-state index in [1.807, 2.05) is 0 Å². The number of amides is 1. The summed E-state index contributed by atoms with van der Waals surface area (Å²) >= 11 is 0. The fraction of sp³-hybridized carbons (Fsp3) is 0.417. The molecule has 0 saturated carbocycles. The van der Waals surface area contributed by atoms with Crippen LogP contribution in [0.15, 0.2) is 23.1 Å². The van der Waals surface area contributed by atoms with Gasteiger partial charge in [0.25, 0.3) is 0 Å². The Morgan fingerprint density at radius 2 is 1.85 bits per heavy atom. The third-order valence-corrected chi connectivity index (χ3v) is 4.30. The molecule has 0 saturated heterocycles. The highest BCUT2D eigenvalue weighted by molar-refractivity contribution is 7.90. The predicted molar refractivity (Wildman–Crippen MR) is 80.0 cm³/mol. The zero-order valence-electron chi connectivity index (χ0n) is 11.2. The molecule has 0 aromatic heterocycles. The number of hydrogen-bond acceptors (Lipinski definition) is 3. The van der Waals surface area contributed by atoms with E-state index in [2.05, 4.69) is 0 Å². The summed E-state index contributed by atoms with van der Waals surface area (Å²) in [4.78, 5) is 13.4. The molecule has 1 aliphatic heterocycles. The van der Waals surface area contributed by atoms with Gasteiger partial charge in [0.05, 0.1) is 28.4 Å². The number of fused-ring (bicyclic) bond motifs is 1. The van der Waals surface area contributed by atoms with E-state index in [1.54, 1.807) is 6.07 Å². The van der Waals surface area contributed by atoms with Crippen LogP contribution in [0.3, 0.4) is 0 Å². The van der Waals surface area contributed by atoms with Crippen LogP contribution in [0.4, 0.5) is 5.69 Å². The van der Waals surface area contributed by atoms with Crippen molar-refractivity contribution in [1.29, 1.82) is 0 Å². The molecular formula is C12H12B3NO3S. The Morgan fingerprint density at radius 3 is 2.40 bits per heavy atom. The van der Waals surface area contributed by atoms with E-state index in [-0.39, 0.29) is 17.2 Å². The quantitative estimate of drug-likeness (QED) is 0.711. The van der Waals surface area contributed by atoms with Crippen LogP contribution in [0.5, 0.6) is 0 Å². The second-order valence-corrected chi connectivity index (χ2v) is 7.05. The molecule has 20 heavy (non-hydrogen) atoms. The normalized spacial score (nSPS) is 16.6. The van der Waals surface area contributed by atoms with E-state index in [0.29, 0.717) is 24.1 Å². The molecule has 6 radical (unpaired) electrons. The number of benzene rings is 1. The number of carbonyl (C=O) groups is 1. The summed E-state index contributed by atoms with van der Waals surface area (Å²) in [5.41, 5.74) is 1.16. The van der Waals surface area contributed by atoms with Crippen molar-refractivity contribution in [2.24, 2.45) is 0 Å².